The maximum Gasteiger partial charge on any atom is 0.252 e. The topological polar surface area (TPSA) is 65.0 Å². The predicted octanol–water partition coefficient (Wildman–Crippen LogP) is 3.14. The molecule has 0 aliphatic carbocycles. The van der Waals surface area contributed by atoms with Crippen molar-refractivity contribution in [2.45, 2.75) is 24.1 Å². The minimum atomic E-state index is -3.38. The number of benzene rings is 1. The van der Waals surface area contributed by atoms with E-state index in [9.17, 15) is 8.42 Å². The number of hydrogen-bond acceptors (Lipinski definition) is 4. The molecule has 1 N–H and O–H groups in total. The third-order valence-electron chi connectivity index (χ3n) is 4.23. The van der Waals surface area contributed by atoms with E-state index >= 15 is 0 Å². The van der Waals surface area contributed by atoms with E-state index in [0.29, 0.717) is 10.8 Å². The Labute approximate surface area is 182 Å². The van der Waals surface area contributed by atoms with Gasteiger partial charge in [-0.2, -0.15) is 0 Å². The summed E-state index contributed by atoms with van der Waals surface area (Å²) in [5.74, 6) is 0.836. The minimum Gasteiger partial charge on any atom is -0.356 e. The van der Waals surface area contributed by atoms with Gasteiger partial charge in [0.15, 0.2) is 5.96 Å². The van der Waals surface area contributed by atoms with Gasteiger partial charge in [0.2, 0.25) is 0 Å². The summed E-state index contributed by atoms with van der Waals surface area (Å²) >= 11 is 1.27. The summed E-state index contributed by atoms with van der Waals surface area (Å²) in [6, 6.07) is 11.9. The molecule has 27 heavy (non-hydrogen) atoms. The Balaban J connectivity index is 0.00000261. The van der Waals surface area contributed by atoms with Crippen LogP contribution in [0.2, 0.25) is 0 Å². The Morgan fingerprint density at radius 1 is 1.26 bits per heavy atom. The highest BCUT2D eigenvalue weighted by Crippen LogP contribution is 2.28. The van der Waals surface area contributed by atoms with Crippen molar-refractivity contribution in [2.75, 3.05) is 32.1 Å². The molecule has 2 aromatic rings. The summed E-state index contributed by atoms with van der Waals surface area (Å²) in [5.41, 5.74) is 2.52. The standard InChI is InChI=1S/C18H24N4O2S2.HI/c1-4-19-18(22-12-11-14-7-5-6-8-16(14)22)20-13-15-9-10-17(25-15)26(23,24)21(2)3;/h5-10H,4,11-13H2,1-3H3,(H,19,20);1H. The summed E-state index contributed by atoms with van der Waals surface area (Å²) in [7, 11) is -0.298. The van der Waals surface area contributed by atoms with Crippen LogP contribution in [0.1, 0.15) is 17.4 Å². The van der Waals surface area contributed by atoms with Crippen LogP contribution in [0.3, 0.4) is 0 Å². The van der Waals surface area contributed by atoms with E-state index in [4.69, 9.17) is 4.99 Å². The SMILES string of the molecule is CCNC(=NCc1ccc(S(=O)(=O)N(C)C)s1)N1CCc2ccccc21.I. The largest absolute Gasteiger partial charge is 0.356 e. The molecule has 9 heteroatoms. The fourth-order valence-corrected chi connectivity index (χ4v) is 5.32. The summed E-state index contributed by atoms with van der Waals surface area (Å²) in [5, 5.41) is 3.35. The van der Waals surface area contributed by atoms with Gasteiger partial charge in [0, 0.05) is 37.7 Å². The third-order valence-corrected chi connectivity index (χ3v) is 7.59. The number of nitrogens with one attached hydrogen (secondary N) is 1. The van der Waals surface area contributed by atoms with Gasteiger partial charge in [-0.1, -0.05) is 18.2 Å². The van der Waals surface area contributed by atoms with Crippen molar-refractivity contribution >= 4 is 57.0 Å². The Kier molecular flexibility index (Phi) is 7.66. The Morgan fingerprint density at radius 3 is 2.70 bits per heavy atom. The van der Waals surface area contributed by atoms with Crippen LogP contribution >= 0.6 is 35.3 Å². The monoisotopic (exact) mass is 520 g/mol. The van der Waals surface area contributed by atoms with Crippen LogP contribution in [-0.4, -0.2) is 45.9 Å². The van der Waals surface area contributed by atoms with Crippen LogP contribution in [0.25, 0.3) is 0 Å². The van der Waals surface area contributed by atoms with Gasteiger partial charge in [-0.05, 0) is 37.1 Å². The van der Waals surface area contributed by atoms with Gasteiger partial charge in [0.1, 0.15) is 4.21 Å². The number of anilines is 1. The molecule has 148 valence electrons. The van der Waals surface area contributed by atoms with Gasteiger partial charge in [-0.15, -0.1) is 35.3 Å². The lowest BCUT2D eigenvalue weighted by molar-refractivity contribution is 0.523. The van der Waals surface area contributed by atoms with E-state index in [1.165, 1.54) is 26.9 Å². The fraction of sp³-hybridized carbons (Fsp3) is 0.389. The zero-order chi connectivity index (χ0) is 18.7. The van der Waals surface area contributed by atoms with Crippen molar-refractivity contribution in [1.82, 2.24) is 9.62 Å². The molecule has 0 amide bonds. The molecule has 0 spiro atoms. The summed E-state index contributed by atoms with van der Waals surface area (Å²) in [6.45, 7) is 4.18. The molecule has 0 saturated carbocycles. The summed E-state index contributed by atoms with van der Waals surface area (Å²) < 4.78 is 26.0. The first kappa shape index (κ1) is 22.1. The van der Waals surface area contributed by atoms with Gasteiger partial charge in [0.05, 0.1) is 6.54 Å². The first-order valence-electron chi connectivity index (χ1n) is 8.58. The summed E-state index contributed by atoms with van der Waals surface area (Å²) in [6.07, 6.45) is 1.00. The number of halogens is 1. The highest BCUT2D eigenvalue weighted by Gasteiger charge is 2.23. The van der Waals surface area contributed by atoms with E-state index in [2.05, 4.69) is 28.4 Å². The van der Waals surface area contributed by atoms with E-state index < -0.39 is 10.0 Å². The molecule has 1 aromatic carbocycles. The molecule has 0 fully saturated rings. The molecule has 6 nitrogen and oxygen atoms in total. The highest BCUT2D eigenvalue weighted by atomic mass is 127. The Bertz CT molecular complexity index is 910. The van der Waals surface area contributed by atoms with Gasteiger partial charge in [-0.3, -0.25) is 0 Å². The van der Waals surface area contributed by atoms with Crippen molar-refractivity contribution < 1.29 is 8.42 Å². The second-order valence-corrected chi connectivity index (χ2v) is 9.76. The normalized spacial score (nSPS) is 14.2. The number of thiophene rings is 1. The molecule has 2 heterocycles. The zero-order valence-electron chi connectivity index (χ0n) is 15.7. The van der Waals surface area contributed by atoms with Crippen molar-refractivity contribution in [1.29, 1.82) is 0 Å². The molecule has 0 unspecified atom stereocenters. The lowest BCUT2D eigenvalue weighted by atomic mass is 10.2. The van der Waals surface area contributed by atoms with Crippen molar-refractivity contribution in [2.24, 2.45) is 4.99 Å². The van der Waals surface area contributed by atoms with Crippen LogP contribution in [0.4, 0.5) is 5.69 Å². The average molecular weight is 520 g/mol. The second kappa shape index (κ2) is 9.35. The van der Waals surface area contributed by atoms with Gasteiger partial charge >= 0.3 is 0 Å². The van der Waals surface area contributed by atoms with Crippen molar-refractivity contribution in [3.63, 3.8) is 0 Å². The van der Waals surface area contributed by atoms with E-state index in [0.717, 1.165) is 30.3 Å². The molecule has 1 aliphatic heterocycles. The molecular weight excluding hydrogens is 495 g/mol. The minimum absolute atomic E-state index is 0. The molecule has 0 radical (unpaired) electrons. The van der Waals surface area contributed by atoms with E-state index in [1.54, 1.807) is 20.2 Å². The van der Waals surface area contributed by atoms with Crippen LogP contribution in [0.5, 0.6) is 0 Å². The lowest BCUT2D eigenvalue weighted by Crippen LogP contribution is -2.40. The van der Waals surface area contributed by atoms with E-state index in [1.807, 2.05) is 19.1 Å². The molecular formula is C18H25IN4O2S2. The third kappa shape index (κ3) is 4.82. The number of hydrogen-bond donors (Lipinski definition) is 1. The maximum absolute atomic E-state index is 12.2. The molecule has 1 aromatic heterocycles. The first-order chi connectivity index (χ1) is 12.4. The van der Waals surface area contributed by atoms with Crippen molar-refractivity contribution in [3.8, 4) is 0 Å². The fourth-order valence-electron chi connectivity index (χ4n) is 2.87. The van der Waals surface area contributed by atoms with E-state index in [-0.39, 0.29) is 24.0 Å². The number of fused-ring (bicyclic) bond motifs is 1. The predicted molar refractivity (Wildman–Crippen MR) is 123 cm³/mol. The number of rotatable bonds is 5. The van der Waals surface area contributed by atoms with Crippen LogP contribution in [0.15, 0.2) is 45.6 Å². The number of aliphatic imine (C=N–C) groups is 1. The van der Waals surface area contributed by atoms with Gasteiger partial charge in [0.25, 0.3) is 10.0 Å². The average Bonchev–Trinajstić information content (AvgIpc) is 3.26. The second-order valence-electron chi connectivity index (χ2n) is 6.21. The maximum atomic E-state index is 12.2. The molecule has 3 rings (SSSR count). The lowest BCUT2D eigenvalue weighted by Gasteiger charge is -2.22. The van der Waals surface area contributed by atoms with Gasteiger partial charge in [-0.25, -0.2) is 17.7 Å². The highest BCUT2D eigenvalue weighted by molar-refractivity contribution is 14.0. The van der Waals surface area contributed by atoms with Crippen molar-refractivity contribution in [3.05, 3.63) is 46.8 Å². The molecule has 0 bridgehead atoms. The first-order valence-corrected chi connectivity index (χ1v) is 10.8. The zero-order valence-corrected chi connectivity index (χ0v) is 19.6. The molecule has 1 aliphatic rings. The number of para-hydroxylation sites is 1. The molecule has 0 saturated heterocycles. The number of guanidine groups is 1. The van der Waals surface area contributed by atoms with Gasteiger partial charge < -0.3 is 10.2 Å². The quantitative estimate of drug-likeness (QED) is 0.374. The number of sulfonamides is 1. The van der Waals surface area contributed by atoms with Crippen LogP contribution in [-0.2, 0) is 23.0 Å². The van der Waals surface area contributed by atoms with Crippen LogP contribution < -0.4 is 10.2 Å². The van der Waals surface area contributed by atoms with Crippen LogP contribution in [0, 0.1) is 0 Å². The Hall–Kier alpha value is -1.17. The number of nitrogens with zero attached hydrogens (tertiary/aromatic N) is 3. The Morgan fingerprint density at radius 2 is 2.00 bits per heavy atom. The summed E-state index contributed by atoms with van der Waals surface area (Å²) in [4.78, 5) is 7.86. The smallest absolute Gasteiger partial charge is 0.252 e. The molecule has 0 atom stereocenters.